The average molecular weight is 163 g/mol. The number of nitrogens with zero attached hydrogens (tertiary/aromatic N) is 2. The largest absolute Gasteiger partial charge is 0.322 e. The van der Waals surface area contributed by atoms with E-state index in [0.717, 1.165) is 17.8 Å². The van der Waals surface area contributed by atoms with E-state index in [1.165, 1.54) is 0 Å². The summed E-state index contributed by atoms with van der Waals surface area (Å²) in [5, 5.41) is 0. The molecular formula is C9H13N3. The lowest BCUT2D eigenvalue weighted by molar-refractivity contribution is 0.698. The van der Waals surface area contributed by atoms with Crippen LogP contribution in [-0.2, 0) is 0 Å². The van der Waals surface area contributed by atoms with Crippen LogP contribution in [0.15, 0.2) is 25.0 Å². The fraction of sp³-hybridized carbons (Fsp3) is 0.333. The molecule has 0 saturated heterocycles. The summed E-state index contributed by atoms with van der Waals surface area (Å²) in [5.41, 5.74) is 7.59. The summed E-state index contributed by atoms with van der Waals surface area (Å²) in [4.78, 5) is 8.27. The highest BCUT2D eigenvalue weighted by Crippen LogP contribution is 2.13. The first kappa shape index (κ1) is 8.87. The van der Waals surface area contributed by atoms with Gasteiger partial charge < -0.3 is 5.73 Å². The maximum Gasteiger partial charge on any atom is 0.0786 e. The van der Waals surface area contributed by atoms with Gasteiger partial charge in [-0.1, -0.05) is 6.08 Å². The lowest BCUT2D eigenvalue weighted by Gasteiger charge is -2.09. The Bertz CT molecular complexity index is 270. The Kier molecular flexibility index (Phi) is 2.94. The van der Waals surface area contributed by atoms with Gasteiger partial charge >= 0.3 is 0 Å². The van der Waals surface area contributed by atoms with Crippen LogP contribution in [0.5, 0.6) is 0 Å². The van der Waals surface area contributed by atoms with Gasteiger partial charge in [-0.3, -0.25) is 9.97 Å². The normalized spacial score (nSPS) is 12.5. The molecule has 0 fully saturated rings. The molecule has 0 aliphatic carbocycles. The minimum atomic E-state index is -0.0730. The van der Waals surface area contributed by atoms with Crippen molar-refractivity contribution < 1.29 is 0 Å². The molecule has 12 heavy (non-hydrogen) atoms. The van der Waals surface area contributed by atoms with Crippen LogP contribution in [0.4, 0.5) is 0 Å². The summed E-state index contributed by atoms with van der Waals surface area (Å²) in [5.74, 6) is 0. The maximum atomic E-state index is 5.83. The van der Waals surface area contributed by atoms with Crippen molar-refractivity contribution in [1.82, 2.24) is 9.97 Å². The molecule has 1 heterocycles. The van der Waals surface area contributed by atoms with Gasteiger partial charge in [-0.05, 0) is 13.3 Å². The SMILES string of the molecule is C=CCC(N)c1nccnc1C. The molecule has 0 aromatic carbocycles. The Hall–Kier alpha value is -1.22. The van der Waals surface area contributed by atoms with E-state index in [-0.39, 0.29) is 6.04 Å². The second-order valence-corrected chi connectivity index (χ2v) is 2.66. The van der Waals surface area contributed by atoms with Crippen LogP contribution in [0.1, 0.15) is 23.9 Å². The second kappa shape index (κ2) is 3.97. The maximum absolute atomic E-state index is 5.83. The van der Waals surface area contributed by atoms with Crippen molar-refractivity contribution in [2.45, 2.75) is 19.4 Å². The van der Waals surface area contributed by atoms with Crippen LogP contribution in [0.25, 0.3) is 0 Å². The first-order chi connectivity index (χ1) is 5.75. The molecule has 3 heteroatoms. The van der Waals surface area contributed by atoms with Gasteiger partial charge in [0, 0.05) is 12.4 Å². The number of nitrogens with two attached hydrogens (primary N) is 1. The number of aryl methyl sites for hydroxylation is 1. The topological polar surface area (TPSA) is 51.8 Å². The smallest absolute Gasteiger partial charge is 0.0786 e. The van der Waals surface area contributed by atoms with Crippen molar-refractivity contribution in [3.63, 3.8) is 0 Å². The van der Waals surface area contributed by atoms with Gasteiger partial charge in [-0.2, -0.15) is 0 Å². The molecule has 64 valence electrons. The highest BCUT2D eigenvalue weighted by atomic mass is 14.8. The van der Waals surface area contributed by atoms with Crippen LogP contribution in [0.3, 0.4) is 0 Å². The molecule has 0 aliphatic rings. The van der Waals surface area contributed by atoms with E-state index in [1.807, 2.05) is 6.92 Å². The first-order valence-corrected chi connectivity index (χ1v) is 3.89. The summed E-state index contributed by atoms with van der Waals surface area (Å²) < 4.78 is 0. The second-order valence-electron chi connectivity index (χ2n) is 2.66. The van der Waals surface area contributed by atoms with Gasteiger partial charge in [-0.25, -0.2) is 0 Å². The molecule has 1 rings (SSSR count). The molecule has 3 nitrogen and oxygen atoms in total. The Balaban J connectivity index is 2.86. The zero-order valence-corrected chi connectivity index (χ0v) is 7.20. The standard InChI is InChI=1S/C9H13N3/c1-3-4-8(10)9-7(2)11-5-6-12-9/h3,5-6,8H,1,4,10H2,2H3. The monoisotopic (exact) mass is 163 g/mol. The fourth-order valence-electron chi connectivity index (χ4n) is 1.07. The van der Waals surface area contributed by atoms with Crippen molar-refractivity contribution in [1.29, 1.82) is 0 Å². The minimum Gasteiger partial charge on any atom is -0.322 e. The lowest BCUT2D eigenvalue weighted by Crippen LogP contribution is -2.13. The third kappa shape index (κ3) is 1.89. The number of hydrogen-bond acceptors (Lipinski definition) is 3. The molecule has 1 unspecified atom stereocenters. The Morgan fingerprint density at radius 1 is 1.58 bits per heavy atom. The van der Waals surface area contributed by atoms with Crippen LogP contribution in [0.2, 0.25) is 0 Å². The van der Waals surface area contributed by atoms with Gasteiger partial charge in [0.1, 0.15) is 0 Å². The molecule has 0 spiro atoms. The van der Waals surface area contributed by atoms with Crippen LogP contribution in [-0.4, -0.2) is 9.97 Å². The summed E-state index contributed by atoms with van der Waals surface area (Å²) in [6.07, 6.45) is 5.85. The quantitative estimate of drug-likeness (QED) is 0.684. The highest BCUT2D eigenvalue weighted by molar-refractivity contribution is 5.13. The molecule has 0 amide bonds. The molecule has 1 aromatic rings. The van der Waals surface area contributed by atoms with Crippen molar-refractivity contribution in [3.05, 3.63) is 36.4 Å². The molecular weight excluding hydrogens is 150 g/mol. The fourth-order valence-corrected chi connectivity index (χ4v) is 1.07. The zero-order valence-electron chi connectivity index (χ0n) is 7.20. The zero-order chi connectivity index (χ0) is 8.97. The van der Waals surface area contributed by atoms with E-state index >= 15 is 0 Å². The average Bonchev–Trinajstić information content (AvgIpc) is 2.05. The van der Waals surface area contributed by atoms with Gasteiger partial charge in [0.25, 0.3) is 0 Å². The van der Waals surface area contributed by atoms with Crippen LogP contribution in [0, 0.1) is 6.92 Å². The predicted octanol–water partition coefficient (Wildman–Crippen LogP) is 1.36. The molecule has 0 saturated carbocycles. The molecule has 0 bridgehead atoms. The van der Waals surface area contributed by atoms with Gasteiger partial charge in [0.2, 0.25) is 0 Å². The lowest BCUT2D eigenvalue weighted by atomic mass is 10.1. The van der Waals surface area contributed by atoms with Crippen molar-refractivity contribution in [3.8, 4) is 0 Å². The van der Waals surface area contributed by atoms with Crippen molar-refractivity contribution in [2.24, 2.45) is 5.73 Å². The first-order valence-electron chi connectivity index (χ1n) is 3.89. The summed E-state index contributed by atoms with van der Waals surface area (Å²) in [6.45, 7) is 5.54. The Labute approximate surface area is 72.3 Å². The van der Waals surface area contributed by atoms with Crippen molar-refractivity contribution in [2.75, 3.05) is 0 Å². The molecule has 1 aromatic heterocycles. The highest BCUT2D eigenvalue weighted by Gasteiger charge is 2.08. The third-order valence-electron chi connectivity index (χ3n) is 1.69. The Morgan fingerprint density at radius 3 is 2.83 bits per heavy atom. The van der Waals surface area contributed by atoms with E-state index < -0.39 is 0 Å². The third-order valence-corrected chi connectivity index (χ3v) is 1.69. The summed E-state index contributed by atoms with van der Waals surface area (Å²) in [6, 6.07) is -0.0730. The predicted molar refractivity (Wildman–Crippen MR) is 48.5 cm³/mol. The van der Waals surface area contributed by atoms with E-state index in [9.17, 15) is 0 Å². The number of rotatable bonds is 3. The molecule has 0 aliphatic heterocycles. The summed E-state index contributed by atoms with van der Waals surface area (Å²) in [7, 11) is 0. The van der Waals surface area contributed by atoms with Crippen LogP contribution >= 0.6 is 0 Å². The molecule has 0 radical (unpaired) electrons. The van der Waals surface area contributed by atoms with Gasteiger partial charge in [0.15, 0.2) is 0 Å². The molecule has 1 atom stereocenters. The summed E-state index contributed by atoms with van der Waals surface area (Å²) >= 11 is 0. The van der Waals surface area contributed by atoms with Crippen LogP contribution < -0.4 is 5.73 Å². The van der Waals surface area contributed by atoms with E-state index in [1.54, 1.807) is 18.5 Å². The minimum absolute atomic E-state index is 0.0730. The van der Waals surface area contributed by atoms with E-state index in [2.05, 4.69) is 16.5 Å². The van der Waals surface area contributed by atoms with E-state index in [4.69, 9.17) is 5.73 Å². The number of aromatic nitrogens is 2. The molecule has 2 N–H and O–H groups in total. The van der Waals surface area contributed by atoms with Gasteiger partial charge in [0.05, 0.1) is 17.4 Å². The van der Waals surface area contributed by atoms with Crippen molar-refractivity contribution >= 4 is 0 Å². The Morgan fingerprint density at radius 2 is 2.25 bits per heavy atom. The van der Waals surface area contributed by atoms with Gasteiger partial charge in [-0.15, -0.1) is 6.58 Å². The van der Waals surface area contributed by atoms with E-state index in [0.29, 0.717) is 0 Å². The number of hydrogen-bond donors (Lipinski definition) is 1.